The van der Waals surface area contributed by atoms with E-state index in [4.69, 9.17) is 9.47 Å². The first-order chi connectivity index (χ1) is 9.13. The van der Waals surface area contributed by atoms with Gasteiger partial charge in [-0.15, -0.1) is 0 Å². The fourth-order valence-electron chi connectivity index (χ4n) is 2.10. The summed E-state index contributed by atoms with van der Waals surface area (Å²) in [6.45, 7) is 1.70. The maximum absolute atomic E-state index is 12.0. The molecule has 0 heterocycles. The van der Waals surface area contributed by atoms with Crippen molar-refractivity contribution in [1.29, 1.82) is 0 Å². The minimum atomic E-state index is -0.702. The third kappa shape index (κ3) is 2.84. The molecule has 2 rings (SSSR count). The molecule has 0 amide bonds. The molecule has 1 aliphatic carbocycles. The molecule has 4 heteroatoms. The van der Waals surface area contributed by atoms with Crippen molar-refractivity contribution in [3.8, 4) is 0 Å². The second-order valence-electron chi connectivity index (χ2n) is 4.42. The molecule has 0 spiro atoms. The van der Waals surface area contributed by atoms with Gasteiger partial charge in [0.25, 0.3) is 0 Å². The third-order valence-electron chi connectivity index (χ3n) is 3.22. The highest BCUT2D eigenvalue weighted by atomic mass is 16.5. The van der Waals surface area contributed by atoms with Gasteiger partial charge in [-0.1, -0.05) is 18.2 Å². The van der Waals surface area contributed by atoms with E-state index in [0.29, 0.717) is 29.7 Å². The van der Waals surface area contributed by atoms with Gasteiger partial charge >= 0.3 is 5.97 Å². The van der Waals surface area contributed by atoms with E-state index in [1.165, 1.54) is 0 Å². The molecule has 1 unspecified atom stereocenters. The van der Waals surface area contributed by atoms with Crippen molar-refractivity contribution >= 4 is 11.8 Å². The van der Waals surface area contributed by atoms with Crippen molar-refractivity contribution in [3.05, 3.63) is 47.2 Å². The molecule has 100 valence electrons. The molecular weight excluding hydrogens is 244 g/mol. The molecule has 1 atom stereocenters. The number of esters is 1. The van der Waals surface area contributed by atoms with Gasteiger partial charge in [-0.05, 0) is 25.5 Å². The number of carbonyl (C=O) groups is 2. The minimum absolute atomic E-state index is 0.174. The number of ether oxygens (including phenoxy) is 2. The maximum atomic E-state index is 12.0. The molecule has 0 N–H and O–H groups in total. The molecule has 19 heavy (non-hydrogen) atoms. The Hall–Kier alpha value is -2.10. The molecule has 0 aliphatic heterocycles. The van der Waals surface area contributed by atoms with Gasteiger partial charge < -0.3 is 9.47 Å². The van der Waals surface area contributed by atoms with Crippen molar-refractivity contribution < 1.29 is 19.1 Å². The van der Waals surface area contributed by atoms with Gasteiger partial charge in [0.2, 0.25) is 5.78 Å². The highest BCUT2D eigenvalue weighted by Gasteiger charge is 2.31. The Labute approximate surface area is 112 Å². The van der Waals surface area contributed by atoms with Gasteiger partial charge in [0.15, 0.2) is 6.10 Å². The summed E-state index contributed by atoms with van der Waals surface area (Å²) in [4.78, 5) is 23.9. The number of hydrogen-bond acceptors (Lipinski definition) is 4. The number of hydrogen-bond donors (Lipinski definition) is 0. The fourth-order valence-corrected chi connectivity index (χ4v) is 2.10. The molecule has 1 aromatic rings. The van der Waals surface area contributed by atoms with Gasteiger partial charge in [0.1, 0.15) is 5.76 Å². The lowest BCUT2D eigenvalue weighted by atomic mass is 9.94. The zero-order chi connectivity index (χ0) is 13.8. The smallest absolute Gasteiger partial charge is 0.338 e. The second-order valence-corrected chi connectivity index (χ2v) is 4.42. The Kier molecular flexibility index (Phi) is 4.00. The van der Waals surface area contributed by atoms with Crippen LogP contribution in [0.5, 0.6) is 0 Å². The van der Waals surface area contributed by atoms with Crippen molar-refractivity contribution in [1.82, 2.24) is 0 Å². The normalized spacial score (nSPS) is 19.3. The van der Waals surface area contributed by atoms with E-state index in [-0.39, 0.29) is 5.78 Å². The summed E-state index contributed by atoms with van der Waals surface area (Å²) in [5, 5.41) is 0. The predicted molar refractivity (Wildman–Crippen MR) is 69.6 cm³/mol. The van der Waals surface area contributed by atoms with E-state index >= 15 is 0 Å². The zero-order valence-corrected chi connectivity index (χ0v) is 11.0. The molecule has 4 nitrogen and oxygen atoms in total. The first-order valence-electron chi connectivity index (χ1n) is 6.17. The van der Waals surface area contributed by atoms with Gasteiger partial charge in [-0.25, -0.2) is 4.79 Å². The van der Waals surface area contributed by atoms with E-state index < -0.39 is 12.1 Å². The van der Waals surface area contributed by atoms with Crippen molar-refractivity contribution in [2.24, 2.45) is 0 Å². The summed E-state index contributed by atoms with van der Waals surface area (Å²) in [6.07, 6.45) is 0.380. The average Bonchev–Trinajstić information content (AvgIpc) is 2.45. The maximum Gasteiger partial charge on any atom is 0.338 e. The topological polar surface area (TPSA) is 52.6 Å². The highest BCUT2D eigenvalue weighted by Crippen LogP contribution is 2.25. The van der Waals surface area contributed by atoms with Crippen LogP contribution in [0.2, 0.25) is 0 Å². The lowest BCUT2D eigenvalue weighted by Crippen LogP contribution is -2.32. The van der Waals surface area contributed by atoms with Crippen LogP contribution in [0.3, 0.4) is 0 Å². The summed E-state index contributed by atoms with van der Waals surface area (Å²) in [7, 11) is 1.54. The molecular formula is C15H16O4. The molecule has 0 aromatic heterocycles. The number of Topliss-reactive ketones (excluding diaryl/α,β-unsaturated/α-hetero) is 1. The van der Waals surface area contributed by atoms with E-state index in [1.807, 2.05) is 6.07 Å². The van der Waals surface area contributed by atoms with Gasteiger partial charge in [-0.3, -0.25) is 4.79 Å². The van der Waals surface area contributed by atoms with E-state index in [1.54, 1.807) is 38.3 Å². The van der Waals surface area contributed by atoms with Crippen LogP contribution in [0, 0.1) is 0 Å². The zero-order valence-electron chi connectivity index (χ0n) is 11.0. The van der Waals surface area contributed by atoms with Crippen LogP contribution in [0.15, 0.2) is 41.7 Å². The molecule has 1 aliphatic rings. The monoisotopic (exact) mass is 260 g/mol. The Balaban J connectivity index is 2.08. The molecule has 0 fully saturated rings. The number of ketones is 1. The van der Waals surface area contributed by atoms with Crippen LogP contribution in [-0.4, -0.2) is 25.0 Å². The number of carbonyl (C=O) groups excluding carboxylic acids is 2. The summed E-state index contributed by atoms with van der Waals surface area (Å²) >= 11 is 0. The van der Waals surface area contributed by atoms with Crippen LogP contribution in [0.25, 0.3) is 0 Å². The largest absolute Gasteiger partial charge is 0.501 e. The SMILES string of the molecule is COC1=C(C)C(=O)C(OC(=O)c2ccccc2)CC1. The van der Waals surface area contributed by atoms with Crippen LogP contribution >= 0.6 is 0 Å². The van der Waals surface area contributed by atoms with Crippen LogP contribution in [0.1, 0.15) is 30.1 Å². The molecule has 0 saturated carbocycles. The van der Waals surface area contributed by atoms with Crippen LogP contribution in [0.4, 0.5) is 0 Å². The first kappa shape index (κ1) is 13.3. The first-order valence-corrected chi connectivity index (χ1v) is 6.17. The Bertz CT molecular complexity index is 516. The lowest BCUT2D eigenvalue weighted by Gasteiger charge is -2.23. The Morgan fingerprint density at radius 2 is 1.95 bits per heavy atom. The highest BCUT2D eigenvalue weighted by molar-refractivity contribution is 6.01. The van der Waals surface area contributed by atoms with Crippen molar-refractivity contribution in [2.75, 3.05) is 7.11 Å². The third-order valence-corrected chi connectivity index (χ3v) is 3.22. The van der Waals surface area contributed by atoms with E-state index in [2.05, 4.69) is 0 Å². The summed E-state index contributed by atoms with van der Waals surface area (Å²) in [5.41, 5.74) is 0.995. The van der Waals surface area contributed by atoms with E-state index in [0.717, 1.165) is 0 Å². The number of benzene rings is 1. The Morgan fingerprint density at radius 1 is 1.26 bits per heavy atom. The molecule has 1 aromatic carbocycles. The van der Waals surface area contributed by atoms with Crippen LogP contribution < -0.4 is 0 Å². The summed E-state index contributed by atoms with van der Waals surface area (Å²) in [5.74, 6) is 0.0389. The number of rotatable bonds is 3. The molecule has 0 radical (unpaired) electrons. The number of allylic oxidation sites excluding steroid dienone is 1. The van der Waals surface area contributed by atoms with Crippen molar-refractivity contribution in [3.63, 3.8) is 0 Å². The quantitative estimate of drug-likeness (QED) is 0.783. The molecule has 0 bridgehead atoms. The molecule has 0 saturated heterocycles. The Morgan fingerprint density at radius 3 is 2.58 bits per heavy atom. The minimum Gasteiger partial charge on any atom is -0.501 e. The summed E-state index contributed by atoms with van der Waals surface area (Å²) < 4.78 is 10.4. The van der Waals surface area contributed by atoms with Crippen LogP contribution in [-0.2, 0) is 14.3 Å². The second kappa shape index (κ2) is 5.69. The lowest BCUT2D eigenvalue weighted by molar-refractivity contribution is -0.125. The number of methoxy groups -OCH3 is 1. The van der Waals surface area contributed by atoms with Gasteiger partial charge in [-0.2, -0.15) is 0 Å². The summed E-state index contributed by atoms with van der Waals surface area (Å²) in [6, 6.07) is 8.67. The van der Waals surface area contributed by atoms with Crippen molar-refractivity contribution in [2.45, 2.75) is 25.9 Å². The fraction of sp³-hybridized carbons (Fsp3) is 0.333. The average molecular weight is 260 g/mol. The van der Waals surface area contributed by atoms with Gasteiger partial charge in [0.05, 0.1) is 12.7 Å². The van der Waals surface area contributed by atoms with E-state index in [9.17, 15) is 9.59 Å². The van der Waals surface area contributed by atoms with Gasteiger partial charge in [0, 0.05) is 12.0 Å². The standard InChI is InChI=1S/C15H16O4/c1-10-12(18-2)8-9-13(14(10)16)19-15(17)11-6-4-3-5-7-11/h3-7,13H,8-9H2,1-2H3. The predicted octanol–water partition coefficient (Wildman–Crippen LogP) is 2.50.